The Hall–Kier alpha value is -2.73. The van der Waals surface area contributed by atoms with E-state index in [2.05, 4.69) is 34.7 Å². The first-order chi connectivity index (χ1) is 14.1. The van der Waals surface area contributed by atoms with Gasteiger partial charge in [-0.2, -0.15) is 0 Å². The molecule has 2 unspecified atom stereocenters. The van der Waals surface area contributed by atoms with Gasteiger partial charge in [0, 0.05) is 36.7 Å². The van der Waals surface area contributed by atoms with Crippen LogP contribution in [0.25, 0.3) is 11.6 Å². The van der Waals surface area contributed by atoms with Crippen molar-refractivity contribution in [1.82, 2.24) is 9.88 Å². The van der Waals surface area contributed by atoms with Crippen molar-refractivity contribution >= 4 is 40.6 Å². The van der Waals surface area contributed by atoms with Gasteiger partial charge in [-0.3, -0.25) is 9.59 Å². The number of rotatable bonds is 3. The number of carbonyl (C=O) groups excluding carboxylic acids is 2. The van der Waals surface area contributed by atoms with Crippen LogP contribution in [0.1, 0.15) is 34.4 Å². The molecular formula is C23H23N3O2S. The van der Waals surface area contributed by atoms with E-state index in [0.29, 0.717) is 30.5 Å². The zero-order valence-electron chi connectivity index (χ0n) is 16.4. The van der Waals surface area contributed by atoms with Crippen molar-refractivity contribution in [2.24, 2.45) is 11.8 Å². The lowest BCUT2D eigenvalue weighted by atomic mass is 9.98. The van der Waals surface area contributed by atoms with Crippen LogP contribution in [0.5, 0.6) is 0 Å². The Bertz CT molecular complexity index is 1050. The molecule has 1 aliphatic carbocycles. The van der Waals surface area contributed by atoms with Crippen LogP contribution in [0.2, 0.25) is 0 Å². The number of nitrogens with zero attached hydrogens (tertiary/aromatic N) is 2. The largest absolute Gasteiger partial charge is 0.338 e. The van der Waals surface area contributed by atoms with Crippen LogP contribution in [0, 0.1) is 18.8 Å². The van der Waals surface area contributed by atoms with Crippen molar-refractivity contribution in [2.75, 3.05) is 18.4 Å². The van der Waals surface area contributed by atoms with Crippen LogP contribution in [0.4, 0.5) is 5.82 Å². The van der Waals surface area contributed by atoms with Gasteiger partial charge < -0.3 is 10.2 Å². The Balaban J connectivity index is 1.23. The molecule has 1 N–H and O–H groups in total. The third-order valence-corrected chi connectivity index (χ3v) is 7.04. The van der Waals surface area contributed by atoms with Crippen molar-refractivity contribution in [1.29, 1.82) is 0 Å². The molecule has 5 nitrogen and oxygen atoms in total. The monoisotopic (exact) mass is 405 g/mol. The Kier molecular flexibility index (Phi) is 4.59. The maximum Gasteiger partial charge on any atom is 0.246 e. The molecule has 2 aromatic heterocycles. The molecule has 0 aromatic carbocycles. The van der Waals surface area contributed by atoms with Crippen LogP contribution in [-0.4, -0.2) is 34.8 Å². The van der Waals surface area contributed by atoms with E-state index >= 15 is 0 Å². The van der Waals surface area contributed by atoms with E-state index in [4.69, 9.17) is 0 Å². The summed E-state index contributed by atoms with van der Waals surface area (Å²) in [6, 6.07) is 4.22. The third-order valence-electron chi connectivity index (χ3n) is 6.19. The Morgan fingerprint density at radius 3 is 3.03 bits per heavy atom. The second-order valence-electron chi connectivity index (χ2n) is 8.11. The molecular weight excluding hydrogens is 382 g/mol. The average molecular weight is 406 g/mol. The summed E-state index contributed by atoms with van der Waals surface area (Å²) in [5.41, 5.74) is 4.76. The van der Waals surface area contributed by atoms with Crippen LogP contribution in [-0.2, 0) is 16.0 Å². The van der Waals surface area contributed by atoms with Gasteiger partial charge in [0.25, 0.3) is 0 Å². The molecule has 29 heavy (non-hydrogen) atoms. The standard InChI is InChI=1S/C23H23N3O2S/c1-14-20(6-7-29-14)17-9-18-12-26(13-19(18)10-17)22(28)5-2-15-8-16-3-4-21(27)25-23(16)24-11-15/h2,5-9,11,18-19H,3-4,10,12-13H2,1H3,(H,24,25,27)/b5-2+. The predicted octanol–water partition coefficient (Wildman–Crippen LogP) is 3.91. The Labute approximate surface area is 174 Å². The fourth-order valence-electron chi connectivity index (χ4n) is 4.65. The second kappa shape index (κ2) is 7.26. The molecule has 4 heterocycles. The highest BCUT2D eigenvalue weighted by Gasteiger charge is 2.38. The van der Waals surface area contributed by atoms with Gasteiger partial charge in [-0.05, 0) is 77.5 Å². The summed E-state index contributed by atoms with van der Waals surface area (Å²) in [5, 5.41) is 4.94. The van der Waals surface area contributed by atoms with Gasteiger partial charge in [0.2, 0.25) is 11.8 Å². The third kappa shape index (κ3) is 3.53. The van der Waals surface area contributed by atoms with Gasteiger partial charge in [-0.1, -0.05) is 6.08 Å². The van der Waals surface area contributed by atoms with Crippen molar-refractivity contribution in [3.8, 4) is 0 Å². The number of carbonyl (C=O) groups is 2. The summed E-state index contributed by atoms with van der Waals surface area (Å²) in [4.78, 5) is 31.8. The molecule has 0 bridgehead atoms. The van der Waals surface area contributed by atoms with E-state index in [9.17, 15) is 9.59 Å². The molecule has 0 saturated carbocycles. The first-order valence-electron chi connectivity index (χ1n) is 10.1. The van der Waals surface area contributed by atoms with Gasteiger partial charge in [0.1, 0.15) is 5.82 Å². The number of anilines is 1. The van der Waals surface area contributed by atoms with Gasteiger partial charge >= 0.3 is 0 Å². The first kappa shape index (κ1) is 18.3. The van der Waals surface area contributed by atoms with Crippen LogP contribution >= 0.6 is 11.3 Å². The lowest BCUT2D eigenvalue weighted by molar-refractivity contribution is -0.125. The minimum atomic E-state index is 0.00872. The number of amides is 2. The van der Waals surface area contributed by atoms with E-state index in [1.807, 2.05) is 17.0 Å². The van der Waals surface area contributed by atoms with E-state index < -0.39 is 0 Å². The highest BCUT2D eigenvalue weighted by molar-refractivity contribution is 7.10. The number of allylic oxidation sites excluding steroid dienone is 1. The van der Waals surface area contributed by atoms with Crippen LogP contribution < -0.4 is 5.32 Å². The molecule has 148 valence electrons. The van der Waals surface area contributed by atoms with Crippen molar-refractivity contribution in [3.05, 3.63) is 57.4 Å². The molecule has 6 heteroatoms. The van der Waals surface area contributed by atoms with E-state index in [0.717, 1.165) is 30.6 Å². The summed E-state index contributed by atoms with van der Waals surface area (Å²) >= 11 is 1.80. The van der Waals surface area contributed by atoms with E-state index in [-0.39, 0.29) is 11.8 Å². The van der Waals surface area contributed by atoms with Gasteiger partial charge in [-0.25, -0.2) is 4.98 Å². The number of aromatic nitrogens is 1. The number of hydrogen-bond donors (Lipinski definition) is 1. The second-order valence-corrected chi connectivity index (χ2v) is 9.23. The molecule has 1 fully saturated rings. The van der Waals surface area contributed by atoms with Crippen molar-refractivity contribution < 1.29 is 9.59 Å². The minimum Gasteiger partial charge on any atom is -0.338 e. The SMILES string of the molecule is Cc1sccc1C1=CC2CN(C(=O)/C=C/c3cnc4c(c3)CCC(=O)N4)CC2C1. The normalized spacial score (nSPS) is 23.1. The highest BCUT2D eigenvalue weighted by atomic mass is 32.1. The predicted molar refractivity (Wildman–Crippen MR) is 115 cm³/mol. The maximum atomic E-state index is 12.7. The maximum absolute atomic E-state index is 12.7. The van der Waals surface area contributed by atoms with E-state index in [1.165, 1.54) is 16.0 Å². The fraction of sp³-hybridized carbons (Fsp3) is 0.348. The van der Waals surface area contributed by atoms with Crippen molar-refractivity contribution in [3.63, 3.8) is 0 Å². The van der Waals surface area contributed by atoms with Gasteiger partial charge in [0.15, 0.2) is 0 Å². The Morgan fingerprint density at radius 2 is 2.24 bits per heavy atom. The first-order valence-corrected chi connectivity index (χ1v) is 11.0. The number of nitrogens with one attached hydrogen (secondary N) is 1. The molecule has 2 aromatic rings. The molecule has 2 amide bonds. The zero-order valence-corrected chi connectivity index (χ0v) is 17.2. The summed E-state index contributed by atoms with van der Waals surface area (Å²) in [5.74, 6) is 1.72. The topological polar surface area (TPSA) is 62.3 Å². The lowest BCUT2D eigenvalue weighted by Crippen LogP contribution is -2.27. The summed E-state index contributed by atoms with van der Waals surface area (Å²) < 4.78 is 0. The minimum absolute atomic E-state index is 0.00872. The number of pyridine rings is 1. The van der Waals surface area contributed by atoms with E-state index in [1.54, 1.807) is 23.6 Å². The zero-order chi connectivity index (χ0) is 20.0. The molecule has 0 spiro atoms. The number of thiophene rings is 1. The quantitative estimate of drug-likeness (QED) is 0.788. The number of hydrogen-bond acceptors (Lipinski definition) is 4. The number of fused-ring (bicyclic) bond motifs is 2. The molecule has 3 aliphatic rings. The molecule has 5 rings (SSSR count). The molecule has 2 aliphatic heterocycles. The summed E-state index contributed by atoms with van der Waals surface area (Å²) in [6.45, 7) is 3.81. The highest BCUT2D eigenvalue weighted by Crippen LogP contribution is 2.42. The fourth-order valence-corrected chi connectivity index (χ4v) is 5.38. The molecule has 2 atom stereocenters. The smallest absolute Gasteiger partial charge is 0.246 e. The number of likely N-dealkylation sites (tertiary alicyclic amines) is 1. The van der Waals surface area contributed by atoms with Gasteiger partial charge in [-0.15, -0.1) is 11.3 Å². The number of aryl methyl sites for hydroxylation is 2. The summed E-state index contributed by atoms with van der Waals surface area (Å²) in [7, 11) is 0. The van der Waals surface area contributed by atoms with Crippen LogP contribution in [0.3, 0.4) is 0 Å². The summed E-state index contributed by atoms with van der Waals surface area (Å²) in [6.07, 6.45) is 9.81. The average Bonchev–Trinajstić information content (AvgIpc) is 3.40. The van der Waals surface area contributed by atoms with Crippen molar-refractivity contribution in [2.45, 2.75) is 26.2 Å². The molecule has 1 saturated heterocycles. The molecule has 0 radical (unpaired) electrons. The van der Waals surface area contributed by atoms with Gasteiger partial charge in [0.05, 0.1) is 0 Å². The lowest BCUT2D eigenvalue weighted by Gasteiger charge is -2.16. The van der Waals surface area contributed by atoms with Crippen LogP contribution in [0.15, 0.2) is 35.9 Å². The Morgan fingerprint density at radius 1 is 1.34 bits per heavy atom.